The fraction of sp³-hybridized carbons (Fsp3) is 0.261. The SMILES string of the molecule is COc1cccc(F)c1CCc1ccc(-c2cncc(C(C)(C)O)c2)c2nncn12. The number of rotatable bonds is 6. The second-order valence-corrected chi connectivity index (χ2v) is 7.70. The van der Waals surface area contributed by atoms with Gasteiger partial charge in [-0.1, -0.05) is 6.07 Å². The van der Waals surface area contributed by atoms with Crippen LogP contribution in [0.4, 0.5) is 4.39 Å². The van der Waals surface area contributed by atoms with Gasteiger partial charge in [0.1, 0.15) is 17.9 Å². The van der Waals surface area contributed by atoms with Crippen LogP contribution in [-0.2, 0) is 18.4 Å². The van der Waals surface area contributed by atoms with Crippen LogP contribution >= 0.6 is 0 Å². The molecule has 0 amide bonds. The van der Waals surface area contributed by atoms with Gasteiger partial charge in [0.15, 0.2) is 5.65 Å². The summed E-state index contributed by atoms with van der Waals surface area (Å²) in [6, 6.07) is 10.7. The number of aliphatic hydroxyl groups is 1. The van der Waals surface area contributed by atoms with Crippen LogP contribution in [-0.4, -0.2) is 31.8 Å². The third kappa shape index (κ3) is 3.76. The highest BCUT2D eigenvalue weighted by Crippen LogP contribution is 2.29. The smallest absolute Gasteiger partial charge is 0.168 e. The normalized spacial score (nSPS) is 11.8. The van der Waals surface area contributed by atoms with Crippen molar-refractivity contribution in [1.82, 2.24) is 19.6 Å². The second kappa shape index (κ2) is 7.84. The van der Waals surface area contributed by atoms with Crippen LogP contribution in [0.25, 0.3) is 16.8 Å². The molecule has 3 heterocycles. The molecule has 1 aromatic carbocycles. The number of halogens is 1. The summed E-state index contributed by atoms with van der Waals surface area (Å²) >= 11 is 0. The van der Waals surface area contributed by atoms with E-state index in [2.05, 4.69) is 15.2 Å². The van der Waals surface area contributed by atoms with Crippen molar-refractivity contribution in [3.05, 3.63) is 77.8 Å². The highest BCUT2D eigenvalue weighted by molar-refractivity contribution is 5.77. The monoisotopic (exact) mass is 406 g/mol. The van der Waals surface area contributed by atoms with E-state index in [0.29, 0.717) is 35.4 Å². The highest BCUT2D eigenvalue weighted by atomic mass is 19.1. The fourth-order valence-corrected chi connectivity index (χ4v) is 3.54. The van der Waals surface area contributed by atoms with Crippen molar-refractivity contribution >= 4 is 5.65 Å². The van der Waals surface area contributed by atoms with Gasteiger partial charge in [-0.3, -0.25) is 9.38 Å². The molecule has 0 unspecified atom stereocenters. The van der Waals surface area contributed by atoms with Crippen molar-refractivity contribution in [3.8, 4) is 16.9 Å². The molecule has 6 nitrogen and oxygen atoms in total. The minimum Gasteiger partial charge on any atom is -0.496 e. The number of pyridine rings is 2. The van der Waals surface area contributed by atoms with Crippen molar-refractivity contribution in [2.45, 2.75) is 32.3 Å². The van der Waals surface area contributed by atoms with E-state index < -0.39 is 5.60 Å². The molecule has 0 saturated heterocycles. The molecule has 0 aliphatic heterocycles. The van der Waals surface area contributed by atoms with E-state index in [-0.39, 0.29) is 5.82 Å². The lowest BCUT2D eigenvalue weighted by molar-refractivity contribution is 0.0783. The van der Waals surface area contributed by atoms with Crippen LogP contribution in [0.3, 0.4) is 0 Å². The van der Waals surface area contributed by atoms with Gasteiger partial charge < -0.3 is 9.84 Å². The summed E-state index contributed by atoms with van der Waals surface area (Å²) < 4.78 is 21.5. The van der Waals surface area contributed by atoms with E-state index in [1.54, 1.807) is 51.8 Å². The Kier molecular flexibility index (Phi) is 5.22. The molecule has 0 radical (unpaired) electrons. The van der Waals surface area contributed by atoms with E-state index >= 15 is 0 Å². The first-order valence-electron chi connectivity index (χ1n) is 9.70. The number of fused-ring (bicyclic) bond motifs is 1. The molecule has 0 aliphatic rings. The summed E-state index contributed by atoms with van der Waals surface area (Å²) in [4.78, 5) is 4.27. The molecular weight excluding hydrogens is 383 g/mol. The summed E-state index contributed by atoms with van der Waals surface area (Å²) in [5.74, 6) is 0.265. The van der Waals surface area contributed by atoms with Crippen LogP contribution in [0.15, 0.2) is 55.1 Å². The molecule has 0 atom stereocenters. The maximum Gasteiger partial charge on any atom is 0.168 e. The Hall–Kier alpha value is -3.32. The Bertz CT molecular complexity index is 1200. The van der Waals surface area contributed by atoms with Gasteiger partial charge in [0, 0.05) is 40.3 Å². The van der Waals surface area contributed by atoms with E-state index in [1.807, 2.05) is 22.6 Å². The van der Waals surface area contributed by atoms with Crippen molar-refractivity contribution in [1.29, 1.82) is 0 Å². The summed E-state index contributed by atoms with van der Waals surface area (Å²) in [5, 5.41) is 18.7. The lowest BCUT2D eigenvalue weighted by atomic mass is 9.97. The van der Waals surface area contributed by atoms with E-state index in [9.17, 15) is 9.50 Å². The summed E-state index contributed by atoms with van der Waals surface area (Å²) in [7, 11) is 1.54. The molecule has 4 rings (SSSR count). The molecule has 30 heavy (non-hydrogen) atoms. The lowest BCUT2D eigenvalue weighted by Crippen LogP contribution is -2.15. The van der Waals surface area contributed by atoms with Crippen LogP contribution < -0.4 is 4.74 Å². The molecule has 7 heteroatoms. The number of methoxy groups -OCH3 is 1. The van der Waals surface area contributed by atoms with Crippen molar-refractivity contribution in [2.75, 3.05) is 7.11 Å². The van der Waals surface area contributed by atoms with Gasteiger partial charge in [0.2, 0.25) is 0 Å². The third-order valence-corrected chi connectivity index (χ3v) is 5.22. The number of hydrogen-bond donors (Lipinski definition) is 1. The Labute approximate surface area is 174 Å². The molecule has 0 spiro atoms. The number of aromatic nitrogens is 4. The number of benzene rings is 1. The minimum absolute atomic E-state index is 0.277. The zero-order valence-electron chi connectivity index (χ0n) is 17.1. The molecular formula is C23H23FN4O2. The summed E-state index contributed by atoms with van der Waals surface area (Å²) in [5.41, 5.74) is 3.61. The molecule has 4 aromatic rings. The number of ether oxygens (including phenoxy) is 1. The van der Waals surface area contributed by atoms with Crippen LogP contribution in [0, 0.1) is 5.82 Å². The Morgan fingerprint density at radius 2 is 1.97 bits per heavy atom. The van der Waals surface area contributed by atoms with Gasteiger partial charge in [0.05, 0.1) is 12.7 Å². The standard InChI is InChI=1S/C23H23FN4O2/c1-23(2,29)16-11-15(12-25-13-16)18-9-7-17(28-14-26-27-22(18)28)8-10-19-20(24)5-4-6-21(19)30-3/h4-7,9,11-14,29H,8,10H2,1-3H3. The van der Waals surface area contributed by atoms with Gasteiger partial charge in [0.25, 0.3) is 0 Å². The Morgan fingerprint density at radius 3 is 2.73 bits per heavy atom. The summed E-state index contributed by atoms with van der Waals surface area (Å²) in [6.07, 6.45) is 6.12. The maximum atomic E-state index is 14.3. The molecule has 154 valence electrons. The van der Waals surface area contributed by atoms with Gasteiger partial charge in [-0.25, -0.2) is 4.39 Å². The Morgan fingerprint density at radius 1 is 1.13 bits per heavy atom. The van der Waals surface area contributed by atoms with Gasteiger partial charge in [-0.05, 0) is 57.0 Å². The molecule has 0 aliphatic carbocycles. The second-order valence-electron chi connectivity index (χ2n) is 7.70. The number of nitrogens with zero attached hydrogens (tertiary/aromatic N) is 4. The predicted molar refractivity (Wildman–Crippen MR) is 112 cm³/mol. The minimum atomic E-state index is -0.994. The largest absolute Gasteiger partial charge is 0.496 e. The molecule has 0 saturated carbocycles. The average molecular weight is 406 g/mol. The number of aryl methyl sites for hydroxylation is 1. The van der Waals surface area contributed by atoms with E-state index in [0.717, 1.165) is 16.8 Å². The van der Waals surface area contributed by atoms with Crippen molar-refractivity contribution in [3.63, 3.8) is 0 Å². The van der Waals surface area contributed by atoms with Gasteiger partial charge in [-0.15, -0.1) is 10.2 Å². The van der Waals surface area contributed by atoms with Crippen LogP contribution in [0.5, 0.6) is 5.75 Å². The van der Waals surface area contributed by atoms with Crippen molar-refractivity contribution in [2.24, 2.45) is 0 Å². The fourth-order valence-electron chi connectivity index (χ4n) is 3.54. The molecule has 0 bridgehead atoms. The van der Waals surface area contributed by atoms with Crippen molar-refractivity contribution < 1.29 is 14.2 Å². The molecule has 3 aromatic heterocycles. The predicted octanol–water partition coefficient (Wildman–Crippen LogP) is 3.95. The first kappa shape index (κ1) is 20.0. The maximum absolute atomic E-state index is 14.3. The molecule has 1 N–H and O–H groups in total. The van der Waals surface area contributed by atoms with Crippen LogP contribution in [0.1, 0.15) is 30.7 Å². The Balaban J connectivity index is 1.69. The zero-order chi connectivity index (χ0) is 21.3. The highest BCUT2D eigenvalue weighted by Gasteiger charge is 2.18. The number of hydrogen-bond acceptors (Lipinski definition) is 5. The van der Waals surface area contributed by atoms with E-state index in [4.69, 9.17) is 4.74 Å². The third-order valence-electron chi connectivity index (χ3n) is 5.22. The van der Waals surface area contributed by atoms with Gasteiger partial charge >= 0.3 is 0 Å². The van der Waals surface area contributed by atoms with Gasteiger partial charge in [-0.2, -0.15) is 0 Å². The first-order valence-corrected chi connectivity index (χ1v) is 9.70. The van der Waals surface area contributed by atoms with Crippen LogP contribution in [0.2, 0.25) is 0 Å². The first-order chi connectivity index (χ1) is 14.4. The lowest BCUT2D eigenvalue weighted by Gasteiger charge is -2.18. The summed E-state index contributed by atoms with van der Waals surface area (Å²) in [6.45, 7) is 3.45. The average Bonchev–Trinajstić information content (AvgIpc) is 3.22. The topological polar surface area (TPSA) is 72.5 Å². The van der Waals surface area contributed by atoms with E-state index in [1.165, 1.54) is 6.07 Å². The molecule has 0 fully saturated rings. The quantitative estimate of drug-likeness (QED) is 0.525. The zero-order valence-corrected chi connectivity index (χ0v) is 17.1.